The van der Waals surface area contributed by atoms with Gasteiger partial charge in [-0.2, -0.15) is 0 Å². The highest BCUT2D eigenvalue weighted by atomic mass is 79.9. The summed E-state index contributed by atoms with van der Waals surface area (Å²) < 4.78 is 1.11. The molecule has 0 saturated carbocycles. The first-order valence-electron chi connectivity index (χ1n) is 7.03. The summed E-state index contributed by atoms with van der Waals surface area (Å²) in [7, 11) is 1.81. The molecule has 1 saturated heterocycles. The highest BCUT2D eigenvalue weighted by Gasteiger charge is 2.24. The van der Waals surface area contributed by atoms with Crippen molar-refractivity contribution in [3.05, 3.63) is 34.3 Å². The number of benzene rings is 1. The number of carbonyl (C=O) groups is 1. The Hall–Kier alpha value is -0.620. The molecule has 0 spiro atoms. The van der Waals surface area contributed by atoms with Crippen molar-refractivity contribution in [2.75, 3.05) is 39.8 Å². The second-order valence-electron chi connectivity index (χ2n) is 5.17. The van der Waals surface area contributed by atoms with E-state index in [2.05, 4.69) is 57.3 Å². The monoisotopic (exact) mass is 375 g/mol. The first kappa shape index (κ1) is 18.4. The van der Waals surface area contributed by atoms with E-state index in [1.807, 2.05) is 11.9 Å². The molecule has 118 valence electrons. The van der Waals surface area contributed by atoms with Gasteiger partial charge in [0.25, 0.3) is 0 Å². The second kappa shape index (κ2) is 8.73. The third-order valence-electron chi connectivity index (χ3n) is 3.90. The average molecular weight is 377 g/mol. The van der Waals surface area contributed by atoms with E-state index >= 15 is 0 Å². The smallest absolute Gasteiger partial charge is 0.236 e. The van der Waals surface area contributed by atoms with Crippen LogP contribution in [0.4, 0.5) is 0 Å². The zero-order valence-corrected chi connectivity index (χ0v) is 14.9. The number of nitrogens with one attached hydrogen (secondary N) is 1. The zero-order valence-electron chi connectivity index (χ0n) is 12.5. The van der Waals surface area contributed by atoms with Crippen molar-refractivity contribution >= 4 is 34.2 Å². The fourth-order valence-corrected chi connectivity index (χ4v) is 2.84. The number of piperazine rings is 1. The first-order chi connectivity index (χ1) is 9.61. The summed E-state index contributed by atoms with van der Waals surface area (Å²) in [5.41, 5.74) is 1.32. The normalized spacial score (nSPS) is 17.2. The van der Waals surface area contributed by atoms with Gasteiger partial charge in [0.15, 0.2) is 0 Å². The number of carbonyl (C=O) groups excluding carboxylic acids is 1. The predicted octanol–water partition coefficient (Wildman–Crippen LogP) is 2.30. The van der Waals surface area contributed by atoms with Gasteiger partial charge < -0.3 is 10.2 Å². The van der Waals surface area contributed by atoms with E-state index in [0.717, 1.165) is 30.7 Å². The van der Waals surface area contributed by atoms with Gasteiger partial charge in [0.1, 0.15) is 0 Å². The maximum Gasteiger partial charge on any atom is 0.236 e. The molecule has 1 amide bonds. The van der Waals surface area contributed by atoms with Crippen LogP contribution in [-0.2, 0) is 4.79 Å². The maximum absolute atomic E-state index is 11.8. The summed E-state index contributed by atoms with van der Waals surface area (Å²) in [6.45, 7) is 6.18. The molecule has 0 bridgehead atoms. The Morgan fingerprint density at radius 2 is 1.81 bits per heavy atom. The Balaban J connectivity index is 0.00000220. The summed E-state index contributed by atoms with van der Waals surface area (Å²) in [6.07, 6.45) is 0. The third-order valence-corrected chi connectivity index (χ3v) is 4.42. The Kier molecular flexibility index (Phi) is 7.66. The van der Waals surface area contributed by atoms with Crippen LogP contribution in [0, 0.1) is 0 Å². The largest absolute Gasteiger partial charge is 0.339 e. The van der Waals surface area contributed by atoms with Gasteiger partial charge in [-0.1, -0.05) is 28.1 Å². The molecule has 1 atom stereocenters. The average Bonchev–Trinajstić information content (AvgIpc) is 2.48. The van der Waals surface area contributed by atoms with Gasteiger partial charge in [0.05, 0.1) is 6.54 Å². The van der Waals surface area contributed by atoms with Gasteiger partial charge in [0.2, 0.25) is 5.91 Å². The molecule has 1 aromatic carbocycles. The summed E-state index contributed by atoms with van der Waals surface area (Å²) in [4.78, 5) is 16.2. The molecule has 0 aromatic heterocycles. The van der Waals surface area contributed by atoms with Crippen LogP contribution in [0.1, 0.15) is 18.5 Å². The Bertz CT molecular complexity index is 447. The van der Waals surface area contributed by atoms with Crippen LogP contribution in [-0.4, -0.2) is 55.5 Å². The minimum Gasteiger partial charge on any atom is -0.339 e. The Morgan fingerprint density at radius 1 is 1.24 bits per heavy atom. The fourth-order valence-electron chi connectivity index (χ4n) is 2.57. The van der Waals surface area contributed by atoms with E-state index in [1.54, 1.807) is 0 Å². The van der Waals surface area contributed by atoms with Crippen molar-refractivity contribution in [3.8, 4) is 0 Å². The number of nitrogens with zero attached hydrogens (tertiary/aromatic N) is 2. The first-order valence-corrected chi connectivity index (χ1v) is 7.83. The van der Waals surface area contributed by atoms with Crippen LogP contribution >= 0.6 is 28.3 Å². The van der Waals surface area contributed by atoms with E-state index < -0.39 is 0 Å². The lowest BCUT2D eigenvalue weighted by Gasteiger charge is -2.38. The minimum atomic E-state index is 0. The molecular weight excluding hydrogens is 354 g/mol. The minimum absolute atomic E-state index is 0. The molecule has 1 aliphatic heterocycles. The van der Waals surface area contributed by atoms with E-state index in [9.17, 15) is 4.79 Å². The number of hydrogen-bond donors (Lipinski definition) is 1. The number of hydrogen-bond acceptors (Lipinski definition) is 3. The van der Waals surface area contributed by atoms with Crippen molar-refractivity contribution in [3.63, 3.8) is 0 Å². The van der Waals surface area contributed by atoms with Crippen LogP contribution in [0.2, 0.25) is 0 Å². The number of halogens is 2. The van der Waals surface area contributed by atoms with Crippen LogP contribution < -0.4 is 5.32 Å². The van der Waals surface area contributed by atoms with E-state index in [1.165, 1.54) is 5.56 Å². The highest BCUT2D eigenvalue weighted by Crippen LogP contribution is 2.23. The fraction of sp³-hybridized carbons (Fsp3) is 0.533. The second-order valence-corrected chi connectivity index (χ2v) is 6.09. The zero-order chi connectivity index (χ0) is 14.5. The van der Waals surface area contributed by atoms with Crippen LogP contribution in [0.5, 0.6) is 0 Å². The standard InChI is InChI=1S/C15H22BrN3O.ClH/c1-12(13-3-5-14(16)6-4-13)18-7-9-19(10-8-18)15(20)11-17-2;/h3-6,12,17H,7-11H2,1-2H3;1H. The SMILES string of the molecule is CNCC(=O)N1CCN(C(C)c2ccc(Br)cc2)CC1.Cl. The molecule has 0 aliphatic carbocycles. The van der Waals surface area contributed by atoms with Gasteiger partial charge in [-0.3, -0.25) is 9.69 Å². The highest BCUT2D eigenvalue weighted by molar-refractivity contribution is 9.10. The molecule has 21 heavy (non-hydrogen) atoms. The van der Waals surface area contributed by atoms with Crippen molar-refractivity contribution in [2.45, 2.75) is 13.0 Å². The van der Waals surface area contributed by atoms with Crippen LogP contribution in [0.15, 0.2) is 28.7 Å². The number of likely N-dealkylation sites (N-methyl/N-ethyl adjacent to an activating group) is 1. The van der Waals surface area contributed by atoms with E-state index in [-0.39, 0.29) is 18.3 Å². The molecule has 0 radical (unpaired) electrons. The summed E-state index contributed by atoms with van der Waals surface area (Å²) in [5.74, 6) is 0.198. The lowest BCUT2D eigenvalue weighted by Crippen LogP contribution is -2.51. The van der Waals surface area contributed by atoms with E-state index in [0.29, 0.717) is 12.6 Å². The molecule has 2 rings (SSSR count). The van der Waals surface area contributed by atoms with E-state index in [4.69, 9.17) is 0 Å². The lowest BCUT2D eigenvalue weighted by atomic mass is 10.1. The quantitative estimate of drug-likeness (QED) is 0.876. The molecular formula is C15H23BrClN3O. The molecule has 4 nitrogen and oxygen atoms in total. The Labute approximate surface area is 141 Å². The van der Waals surface area contributed by atoms with Gasteiger partial charge >= 0.3 is 0 Å². The molecule has 1 heterocycles. The van der Waals surface area contributed by atoms with Gasteiger partial charge in [-0.15, -0.1) is 12.4 Å². The van der Waals surface area contributed by atoms with Crippen LogP contribution in [0.3, 0.4) is 0 Å². The van der Waals surface area contributed by atoms with Crippen LogP contribution in [0.25, 0.3) is 0 Å². The van der Waals surface area contributed by atoms with Gasteiger partial charge in [-0.25, -0.2) is 0 Å². The summed E-state index contributed by atoms with van der Waals surface area (Å²) >= 11 is 3.47. The Morgan fingerprint density at radius 3 is 2.33 bits per heavy atom. The molecule has 1 aliphatic rings. The van der Waals surface area contributed by atoms with Crippen molar-refractivity contribution < 1.29 is 4.79 Å². The van der Waals surface area contributed by atoms with Crippen molar-refractivity contribution in [1.82, 2.24) is 15.1 Å². The number of rotatable bonds is 4. The topological polar surface area (TPSA) is 35.6 Å². The predicted molar refractivity (Wildman–Crippen MR) is 91.9 cm³/mol. The maximum atomic E-state index is 11.8. The molecule has 1 fully saturated rings. The van der Waals surface area contributed by atoms with Gasteiger partial charge in [0, 0.05) is 36.7 Å². The summed E-state index contributed by atoms with van der Waals surface area (Å²) in [5, 5.41) is 2.92. The molecule has 1 N–H and O–H groups in total. The molecule has 1 aromatic rings. The molecule has 6 heteroatoms. The molecule has 1 unspecified atom stereocenters. The summed E-state index contributed by atoms with van der Waals surface area (Å²) in [6, 6.07) is 8.88. The third kappa shape index (κ3) is 4.95. The number of amides is 1. The van der Waals surface area contributed by atoms with Crippen molar-refractivity contribution in [2.24, 2.45) is 0 Å². The van der Waals surface area contributed by atoms with Gasteiger partial charge in [-0.05, 0) is 31.7 Å². The van der Waals surface area contributed by atoms with Crippen molar-refractivity contribution in [1.29, 1.82) is 0 Å². The lowest BCUT2D eigenvalue weighted by molar-refractivity contribution is -0.132.